The third kappa shape index (κ3) is 3.92. The average molecular weight is 409 g/mol. The van der Waals surface area contributed by atoms with Crippen molar-refractivity contribution in [3.8, 4) is 0 Å². The highest BCUT2D eigenvalue weighted by Gasteiger charge is 2.27. The number of carbonyl (C=O) groups is 1. The molecule has 2 aromatic rings. The van der Waals surface area contributed by atoms with Crippen molar-refractivity contribution in [2.75, 3.05) is 41.7 Å². The number of amides is 1. The molecule has 2 heterocycles. The van der Waals surface area contributed by atoms with E-state index >= 15 is 0 Å². The van der Waals surface area contributed by atoms with Crippen molar-refractivity contribution < 1.29 is 9.18 Å². The monoisotopic (exact) mass is 408 g/mol. The van der Waals surface area contributed by atoms with Crippen LogP contribution in [0.5, 0.6) is 0 Å². The summed E-state index contributed by atoms with van der Waals surface area (Å²) in [7, 11) is 0. The van der Waals surface area contributed by atoms with Gasteiger partial charge in [-0.2, -0.15) is 0 Å². The third-order valence-electron chi connectivity index (χ3n) is 6.22. The number of anilines is 3. The van der Waals surface area contributed by atoms with E-state index in [4.69, 9.17) is 0 Å². The van der Waals surface area contributed by atoms with Crippen LogP contribution in [0.4, 0.5) is 21.5 Å². The van der Waals surface area contributed by atoms with Gasteiger partial charge in [-0.05, 0) is 56.2 Å². The summed E-state index contributed by atoms with van der Waals surface area (Å²) in [6, 6.07) is 11.5. The minimum Gasteiger partial charge on any atom is -0.369 e. The Morgan fingerprint density at radius 2 is 1.97 bits per heavy atom. The van der Waals surface area contributed by atoms with E-state index in [1.54, 1.807) is 18.3 Å². The molecule has 4 rings (SSSR count). The Labute approximate surface area is 177 Å². The van der Waals surface area contributed by atoms with Crippen molar-refractivity contribution in [3.05, 3.63) is 59.5 Å². The smallest absolute Gasteiger partial charge is 0.257 e. The van der Waals surface area contributed by atoms with Crippen molar-refractivity contribution in [3.63, 3.8) is 0 Å². The topological polar surface area (TPSA) is 47.6 Å². The lowest BCUT2D eigenvalue weighted by Crippen LogP contribution is -2.49. The van der Waals surface area contributed by atoms with Gasteiger partial charge < -0.3 is 15.5 Å². The fourth-order valence-corrected chi connectivity index (χ4v) is 4.26. The minimum absolute atomic E-state index is 0.296. The Bertz CT molecular complexity index is 979. The van der Waals surface area contributed by atoms with E-state index < -0.39 is 5.82 Å². The molecular formula is C24H29FN4O. The Hall–Kier alpha value is -2.86. The second-order valence-electron chi connectivity index (χ2n) is 8.10. The highest BCUT2D eigenvalue weighted by molar-refractivity contribution is 6.31. The quantitative estimate of drug-likeness (QED) is 0.717. The van der Waals surface area contributed by atoms with Gasteiger partial charge in [0.2, 0.25) is 0 Å². The number of fused-ring (bicyclic) bond motifs is 1. The predicted octanol–water partition coefficient (Wildman–Crippen LogP) is 4.46. The molecule has 5 nitrogen and oxygen atoms in total. The summed E-state index contributed by atoms with van der Waals surface area (Å²) in [4.78, 5) is 17.2. The van der Waals surface area contributed by atoms with E-state index in [0.717, 1.165) is 31.9 Å². The summed E-state index contributed by atoms with van der Waals surface area (Å²) in [6.45, 7) is 10.9. The molecule has 6 heteroatoms. The minimum atomic E-state index is -0.401. The normalized spacial score (nSPS) is 19.0. The number of nitrogens with zero attached hydrogens (tertiary/aromatic N) is 2. The summed E-state index contributed by atoms with van der Waals surface area (Å²) >= 11 is 0. The summed E-state index contributed by atoms with van der Waals surface area (Å²) < 4.78 is 14.2. The number of hydrogen-bond donors (Lipinski definition) is 2. The van der Waals surface area contributed by atoms with Crippen LogP contribution >= 0.6 is 0 Å². The van der Waals surface area contributed by atoms with Crippen LogP contribution in [-0.4, -0.2) is 43.0 Å². The van der Waals surface area contributed by atoms with Gasteiger partial charge in [0.15, 0.2) is 0 Å². The maximum Gasteiger partial charge on any atom is 0.257 e. The molecule has 1 atom stereocenters. The van der Waals surface area contributed by atoms with Gasteiger partial charge in [-0.1, -0.05) is 13.0 Å². The molecule has 30 heavy (non-hydrogen) atoms. The first-order chi connectivity index (χ1) is 14.5. The van der Waals surface area contributed by atoms with Crippen LogP contribution in [-0.2, 0) is 4.79 Å². The zero-order chi connectivity index (χ0) is 21.3. The molecular weight excluding hydrogens is 379 g/mol. The molecule has 0 aromatic heterocycles. The summed E-state index contributed by atoms with van der Waals surface area (Å²) in [6.07, 6.45) is 2.77. The van der Waals surface area contributed by atoms with Crippen molar-refractivity contribution in [2.45, 2.75) is 33.2 Å². The standard InChI is InChI=1S/C24H29FN4O/c1-4-17(3)28-10-12-29(13-11-28)22-9-8-18(14-16(22)2)26-15-19-23-20(25)6-5-7-21(23)27-24(19)30/h5-9,14-15,17,26H,4,10-13H2,1-3H3,(H,27,30)/b19-15+. The third-order valence-corrected chi connectivity index (χ3v) is 6.22. The molecule has 158 valence electrons. The van der Waals surface area contributed by atoms with E-state index in [0.29, 0.717) is 22.9 Å². The van der Waals surface area contributed by atoms with Crippen LogP contribution in [0, 0.1) is 12.7 Å². The molecule has 1 amide bonds. The predicted molar refractivity (Wildman–Crippen MR) is 121 cm³/mol. The first kappa shape index (κ1) is 20.4. The van der Waals surface area contributed by atoms with Crippen LogP contribution in [0.3, 0.4) is 0 Å². The van der Waals surface area contributed by atoms with E-state index in [1.165, 1.54) is 23.7 Å². The second kappa shape index (κ2) is 8.48. The van der Waals surface area contributed by atoms with E-state index in [1.807, 2.05) is 6.07 Å². The van der Waals surface area contributed by atoms with E-state index in [2.05, 4.69) is 53.3 Å². The first-order valence-corrected chi connectivity index (χ1v) is 10.6. The van der Waals surface area contributed by atoms with Crippen molar-refractivity contribution in [1.82, 2.24) is 4.90 Å². The Kier molecular flexibility index (Phi) is 5.77. The highest BCUT2D eigenvalue weighted by atomic mass is 19.1. The van der Waals surface area contributed by atoms with Gasteiger partial charge in [0.05, 0.1) is 11.3 Å². The molecule has 2 N–H and O–H groups in total. The highest BCUT2D eigenvalue weighted by Crippen LogP contribution is 2.34. The van der Waals surface area contributed by atoms with E-state index in [9.17, 15) is 9.18 Å². The van der Waals surface area contributed by atoms with Crippen LogP contribution in [0.25, 0.3) is 5.57 Å². The van der Waals surface area contributed by atoms with Crippen molar-refractivity contribution >= 4 is 28.5 Å². The van der Waals surface area contributed by atoms with Crippen LogP contribution < -0.4 is 15.5 Å². The number of halogens is 1. The summed E-state index contributed by atoms with van der Waals surface area (Å²) in [5, 5.41) is 5.88. The molecule has 0 radical (unpaired) electrons. The van der Waals surface area contributed by atoms with Gasteiger partial charge in [-0.15, -0.1) is 0 Å². The average Bonchev–Trinajstić information content (AvgIpc) is 3.08. The lowest BCUT2D eigenvalue weighted by Gasteiger charge is -2.39. The molecule has 0 aliphatic carbocycles. The van der Waals surface area contributed by atoms with Gasteiger partial charge in [0.25, 0.3) is 5.91 Å². The molecule has 1 saturated heterocycles. The molecule has 2 aromatic carbocycles. The first-order valence-electron chi connectivity index (χ1n) is 10.6. The van der Waals surface area contributed by atoms with Gasteiger partial charge in [-0.25, -0.2) is 4.39 Å². The number of rotatable bonds is 5. The van der Waals surface area contributed by atoms with Crippen LogP contribution in [0.1, 0.15) is 31.4 Å². The maximum atomic E-state index is 14.2. The molecule has 1 unspecified atom stereocenters. The van der Waals surface area contributed by atoms with Gasteiger partial charge in [-0.3, -0.25) is 9.69 Å². The Balaban J connectivity index is 1.46. The Morgan fingerprint density at radius 3 is 2.67 bits per heavy atom. The van der Waals surface area contributed by atoms with Crippen molar-refractivity contribution in [2.24, 2.45) is 0 Å². The number of carbonyl (C=O) groups excluding carboxylic acids is 1. The summed E-state index contributed by atoms with van der Waals surface area (Å²) in [5.74, 6) is -0.697. The van der Waals surface area contributed by atoms with Gasteiger partial charge in [0.1, 0.15) is 5.82 Å². The number of nitrogens with one attached hydrogen (secondary N) is 2. The lowest BCUT2D eigenvalue weighted by atomic mass is 10.1. The molecule has 0 bridgehead atoms. The molecule has 2 aliphatic rings. The fraction of sp³-hybridized carbons (Fsp3) is 0.375. The zero-order valence-electron chi connectivity index (χ0n) is 17.8. The largest absolute Gasteiger partial charge is 0.369 e. The Morgan fingerprint density at radius 1 is 1.20 bits per heavy atom. The maximum absolute atomic E-state index is 14.2. The fourth-order valence-electron chi connectivity index (χ4n) is 4.26. The van der Waals surface area contributed by atoms with Gasteiger partial charge in [0, 0.05) is 55.4 Å². The van der Waals surface area contributed by atoms with E-state index in [-0.39, 0.29) is 5.91 Å². The number of piperazine rings is 1. The number of hydrogen-bond acceptors (Lipinski definition) is 4. The molecule has 1 fully saturated rings. The van der Waals surface area contributed by atoms with Gasteiger partial charge >= 0.3 is 0 Å². The zero-order valence-corrected chi connectivity index (χ0v) is 17.8. The lowest BCUT2D eigenvalue weighted by molar-refractivity contribution is -0.110. The number of aryl methyl sites for hydroxylation is 1. The molecule has 0 saturated carbocycles. The van der Waals surface area contributed by atoms with Crippen LogP contribution in [0.15, 0.2) is 42.6 Å². The number of benzene rings is 2. The van der Waals surface area contributed by atoms with Crippen molar-refractivity contribution in [1.29, 1.82) is 0 Å². The van der Waals surface area contributed by atoms with Crippen LogP contribution in [0.2, 0.25) is 0 Å². The summed E-state index contributed by atoms with van der Waals surface area (Å²) in [5.41, 5.74) is 4.44. The SMILES string of the molecule is CCC(C)N1CCN(c2ccc(N/C=C3/C(=O)Nc4cccc(F)c43)cc2C)CC1. The second-order valence-corrected chi connectivity index (χ2v) is 8.10. The molecule has 0 spiro atoms. The molecule has 2 aliphatic heterocycles.